The molecule has 5 rings (SSSR count). The Morgan fingerprint density at radius 2 is 1.86 bits per heavy atom. The second-order valence-electron chi connectivity index (χ2n) is 7.43. The van der Waals surface area contributed by atoms with Gasteiger partial charge in [0.05, 0.1) is 31.2 Å². The average molecular weight is 537 g/mol. The Bertz CT molecular complexity index is 1550. The van der Waals surface area contributed by atoms with Crippen LogP contribution >= 0.6 is 35.0 Å². The van der Waals surface area contributed by atoms with E-state index in [1.165, 1.54) is 41.1 Å². The molecule has 4 aromatic rings. The number of hydrogen-bond acceptors (Lipinski definition) is 7. The van der Waals surface area contributed by atoms with Gasteiger partial charge in [-0.3, -0.25) is 24.8 Å². The second-order valence-corrected chi connectivity index (χ2v) is 9.25. The number of amidine groups is 1. The number of carbonyl (C=O) groups excluding carboxylic acids is 1. The Morgan fingerprint density at radius 1 is 1.06 bits per heavy atom. The minimum absolute atomic E-state index is 0.118. The van der Waals surface area contributed by atoms with E-state index in [1.807, 2.05) is 30.3 Å². The Kier molecular flexibility index (Phi) is 6.60. The van der Waals surface area contributed by atoms with Gasteiger partial charge >= 0.3 is 0 Å². The van der Waals surface area contributed by atoms with Gasteiger partial charge in [0.15, 0.2) is 5.17 Å². The third-order valence-corrected chi connectivity index (χ3v) is 6.69. The number of nitro groups is 1. The molecule has 1 saturated heterocycles. The van der Waals surface area contributed by atoms with Gasteiger partial charge in [0.25, 0.3) is 11.6 Å². The molecule has 0 atom stereocenters. The summed E-state index contributed by atoms with van der Waals surface area (Å²) in [4.78, 5) is 34.3. The lowest BCUT2D eigenvalue weighted by Gasteiger charge is -2.15. The highest BCUT2D eigenvalue weighted by Crippen LogP contribution is 2.39. The third kappa shape index (κ3) is 4.76. The maximum atomic E-state index is 13.4. The molecule has 1 amide bonds. The first kappa shape index (κ1) is 23.8. The number of carbonyl (C=O) groups is 1. The van der Waals surface area contributed by atoms with Crippen molar-refractivity contribution in [3.05, 3.63) is 110 Å². The molecule has 8 nitrogen and oxygen atoms in total. The second kappa shape index (κ2) is 9.98. The smallest absolute Gasteiger partial charge is 0.271 e. The van der Waals surface area contributed by atoms with Gasteiger partial charge in [-0.25, -0.2) is 4.99 Å². The molecule has 1 fully saturated rings. The fourth-order valence-electron chi connectivity index (χ4n) is 3.44. The van der Waals surface area contributed by atoms with Crippen molar-refractivity contribution < 1.29 is 14.1 Å². The number of halogens is 2. The normalized spacial score (nSPS) is 15.7. The summed E-state index contributed by atoms with van der Waals surface area (Å²) >= 11 is 13.7. The predicted molar refractivity (Wildman–Crippen MR) is 142 cm³/mol. The summed E-state index contributed by atoms with van der Waals surface area (Å²) in [5, 5.41) is 11.9. The van der Waals surface area contributed by atoms with Gasteiger partial charge in [-0.05, 0) is 48.2 Å². The number of hydrogen-bond donors (Lipinski definition) is 0. The molecule has 0 radical (unpaired) electrons. The van der Waals surface area contributed by atoms with Gasteiger partial charge in [0.2, 0.25) is 0 Å². The molecule has 11 heteroatoms. The van der Waals surface area contributed by atoms with Gasteiger partial charge < -0.3 is 4.42 Å². The lowest BCUT2D eigenvalue weighted by molar-refractivity contribution is -0.384. The number of nitro benzene ring substituents is 1. The van der Waals surface area contributed by atoms with E-state index in [-0.39, 0.29) is 16.6 Å². The number of furan rings is 1. The number of anilines is 1. The van der Waals surface area contributed by atoms with Crippen LogP contribution in [-0.4, -0.2) is 21.0 Å². The lowest BCUT2D eigenvalue weighted by Crippen LogP contribution is -2.28. The molecule has 1 aliphatic heterocycles. The molecule has 0 saturated carbocycles. The molecule has 0 aliphatic carbocycles. The molecular formula is C25H14Cl2N4O4S. The fraction of sp³-hybridized carbons (Fsp3) is 0. The lowest BCUT2D eigenvalue weighted by atomic mass is 10.1. The molecule has 1 aliphatic rings. The summed E-state index contributed by atoms with van der Waals surface area (Å²) < 4.78 is 5.89. The van der Waals surface area contributed by atoms with Crippen molar-refractivity contribution in [1.82, 2.24) is 4.98 Å². The zero-order valence-corrected chi connectivity index (χ0v) is 20.5. The van der Waals surface area contributed by atoms with Crippen LogP contribution in [0.3, 0.4) is 0 Å². The number of para-hydroxylation sites is 1. The highest BCUT2D eigenvalue weighted by atomic mass is 35.5. The van der Waals surface area contributed by atoms with E-state index in [4.69, 9.17) is 27.6 Å². The SMILES string of the molecule is O=C1/C(=C\c2ccc(-c3ccc([N+](=O)[O-])cc3Cl)o2)SC(=Nc2ccncc2Cl)N1c1ccccc1. The maximum Gasteiger partial charge on any atom is 0.271 e. The summed E-state index contributed by atoms with van der Waals surface area (Å²) in [5.41, 5.74) is 1.52. The van der Waals surface area contributed by atoms with Crippen molar-refractivity contribution in [3.63, 3.8) is 0 Å². The van der Waals surface area contributed by atoms with Crippen LogP contribution < -0.4 is 4.90 Å². The maximum absolute atomic E-state index is 13.4. The molecule has 0 unspecified atom stereocenters. The quantitative estimate of drug-likeness (QED) is 0.150. The summed E-state index contributed by atoms with van der Waals surface area (Å²) in [6.07, 6.45) is 4.67. The molecule has 0 bridgehead atoms. The Balaban J connectivity index is 1.50. The molecule has 0 spiro atoms. The summed E-state index contributed by atoms with van der Waals surface area (Å²) in [6.45, 7) is 0. The van der Waals surface area contributed by atoms with Crippen molar-refractivity contribution in [2.75, 3.05) is 4.90 Å². The molecule has 36 heavy (non-hydrogen) atoms. The van der Waals surface area contributed by atoms with Crippen LogP contribution in [0.4, 0.5) is 17.1 Å². The Hall–Kier alpha value is -3.92. The Morgan fingerprint density at radius 3 is 2.58 bits per heavy atom. The highest BCUT2D eigenvalue weighted by molar-refractivity contribution is 8.19. The summed E-state index contributed by atoms with van der Waals surface area (Å²) in [6, 6.07) is 18.3. The van der Waals surface area contributed by atoms with Crippen LogP contribution in [0, 0.1) is 10.1 Å². The van der Waals surface area contributed by atoms with Crippen LogP contribution in [0.25, 0.3) is 17.4 Å². The predicted octanol–water partition coefficient (Wildman–Crippen LogP) is 7.37. The number of benzene rings is 2. The number of aliphatic imine (C=N–C) groups is 1. The third-order valence-electron chi connectivity index (χ3n) is 5.12. The van der Waals surface area contributed by atoms with Gasteiger partial charge in [-0.1, -0.05) is 41.4 Å². The number of rotatable bonds is 5. The van der Waals surface area contributed by atoms with E-state index < -0.39 is 4.92 Å². The van der Waals surface area contributed by atoms with Gasteiger partial charge in [0, 0.05) is 36.2 Å². The van der Waals surface area contributed by atoms with Crippen LogP contribution in [0.2, 0.25) is 10.0 Å². The molecule has 2 aromatic carbocycles. The zero-order valence-electron chi connectivity index (χ0n) is 18.2. The van der Waals surface area contributed by atoms with Crippen molar-refractivity contribution in [2.45, 2.75) is 0 Å². The van der Waals surface area contributed by atoms with Gasteiger partial charge in [0.1, 0.15) is 11.5 Å². The van der Waals surface area contributed by atoms with Crippen LogP contribution in [-0.2, 0) is 4.79 Å². The topological polar surface area (TPSA) is 102 Å². The van der Waals surface area contributed by atoms with Gasteiger partial charge in [-0.2, -0.15) is 0 Å². The first-order valence-electron chi connectivity index (χ1n) is 10.4. The standard InChI is InChI=1S/C25H14Cl2N4O4S/c26-19-12-16(31(33)34)6-8-18(19)22-9-7-17(35-22)13-23-24(32)30(15-4-2-1-3-5-15)25(36-23)29-21-10-11-28-14-20(21)27/h1-14H/b23-13+,29-25?. The van der Waals surface area contributed by atoms with Crippen LogP contribution in [0.1, 0.15) is 5.76 Å². The van der Waals surface area contributed by atoms with Crippen LogP contribution in [0.15, 0.2) is 93.4 Å². The van der Waals surface area contributed by atoms with E-state index in [2.05, 4.69) is 9.98 Å². The van der Waals surface area contributed by atoms with Crippen molar-refractivity contribution in [2.24, 2.45) is 4.99 Å². The van der Waals surface area contributed by atoms with Crippen LogP contribution in [0.5, 0.6) is 0 Å². The molecule has 0 N–H and O–H groups in total. The van der Waals surface area contributed by atoms with Crippen molar-refractivity contribution in [1.29, 1.82) is 0 Å². The van der Waals surface area contributed by atoms with E-state index in [1.54, 1.807) is 30.5 Å². The molecule has 3 heterocycles. The molecule has 2 aromatic heterocycles. The first-order valence-corrected chi connectivity index (χ1v) is 12.0. The minimum Gasteiger partial charge on any atom is -0.457 e. The number of non-ortho nitro benzene ring substituents is 1. The monoisotopic (exact) mass is 536 g/mol. The number of nitrogens with zero attached hydrogens (tertiary/aromatic N) is 4. The Labute approximate surface area is 219 Å². The fourth-order valence-corrected chi connectivity index (χ4v) is 4.84. The van der Waals surface area contributed by atoms with E-state index in [9.17, 15) is 14.9 Å². The number of pyridine rings is 1. The molecule has 178 valence electrons. The van der Waals surface area contributed by atoms with E-state index in [0.29, 0.717) is 43.6 Å². The number of amides is 1. The molecular weight excluding hydrogens is 523 g/mol. The minimum atomic E-state index is -0.521. The van der Waals surface area contributed by atoms with Crippen molar-refractivity contribution in [3.8, 4) is 11.3 Å². The average Bonchev–Trinajstić information content (AvgIpc) is 3.45. The number of thioether (sulfide) groups is 1. The summed E-state index contributed by atoms with van der Waals surface area (Å²) in [7, 11) is 0. The van der Waals surface area contributed by atoms with E-state index in [0.717, 1.165) is 0 Å². The largest absolute Gasteiger partial charge is 0.457 e. The summed E-state index contributed by atoms with van der Waals surface area (Å²) in [5.74, 6) is 0.544. The highest BCUT2D eigenvalue weighted by Gasteiger charge is 2.35. The number of aromatic nitrogens is 1. The zero-order chi connectivity index (χ0) is 25.2. The first-order chi connectivity index (χ1) is 17.4. The van der Waals surface area contributed by atoms with Gasteiger partial charge in [-0.15, -0.1) is 0 Å². The van der Waals surface area contributed by atoms with Crippen molar-refractivity contribution >= 4 is 69.2 Å². The van der Waals surface area contributed by atoms with E-state index >= 15 is 0 Å².